The van der Waals surface area contributed by atoms with Gasteiger partial charge in [0.25, 0.3) is 0 Å². The van der Waals surface area contributed by atoms with Gasteiger partial charge in [0.15, 0.2) is 0 Å². The van der Waals surface area contributed by atoms with Crippen LogP contribution in [-0.4, -0.2) is 35.1 Å². The number of rotatable bonds is 5. The molecule has 22 heavy (non-hydrogen) atoms. The second-order valence-corrected chi connectivity index (χ2v) is 6.80. The average Bonchev–Trinajstić information content (AvgIpc) is 2.93. The number of hydrogen-bond acceptors (Lipinski definition) is 3. The van der Waals surface area contributed by atoms with Crippen LogP contribution in [0.5, 0.6) is 0 Å². The lowest BCUT2D eigenvalue weighted by atomic mass is 10.1. The van der Waals surface area contributed by atoms with Gasteiger partial charge in [0.2, 0.25) is 11.8 Å². The number of nitrogens with one attached hydrogen (secondary N) is 1. The Morgan fingerprint density at radius 2 is 2.00 bits per heavy atom. The van der Waals surface area contributed by atoms with Gasteiger partial charge in [-0.15, -0.1) is 11.8 Å². The van der Waals surface area contributed by atoms with Crippen LogP contribution in [0.3, 0.4) is 0 Å². The highest BCUT2D eigenvalue weighted by atomic mass is 32.2. The minimum absolute atomic E-state index is 0.0363. The SMILES string of the molecule is CCCCNC(=O)[C@H]1CS[C@@H](c2ccc(C)cc2)N1C(C)=O. The molecule has 0 spiro atoms. The largest absolute Gasteiger partial charge is 0.354 e. The maximum Gasteiger partial charge on any atom is 0.243 e. The Balaban J connectivity index is 2.12. The molecule has 1 aromatic rings. The van der Waals surface area contributed by atoms with Crippen molar-refractivity contribution in [2.75, 3.05) is 12.3 Å². The Morgan fingerprint density at radius 3 is 2.59 bits per heavy atom. The summed E-state index contributed by atoms with van der Waals surface area (Å²) in [5.74, 6) is 0.563. The molecule has 0 bridgehead atoms. The fourth-order valence-electron chi connectivity index (χ4n) is 2.59. The summed E-state index contributed by atoms with van der Waals surface area (Å²) >= 11 is 1.66. The van der Waals surface area contributed by atoms with E-state index in [2.05, 4.69) is 12.2 Å². The number of nitrogens with zero attached hydrogens (tertiary/aromatic N) is 1. The van der Waals surface area contributed by atoms with Crippen molar-refractivity contribution in [1.82, 2.24) is 10.2 Å². The number of carbonyl (C=O) groups is 2. The smallest absolute Gasteiger partial charge is 0.243 e. The van der Waals surface area contributed by atoms with Crippen LogP contribution in [-0.2, 0) is 9.59 Å². The summed E-state index contributed by atoms with van der Waals surface area (Å²) in [6, 6.07) is 7.80. The standard InChI is InChI=1S/C17H24N2O2S/c1-4-5-10-18-16(21)15-11-22-17(19(15)13(3)20)14-8-6-12(2)7-9-14/h6-9,15,17H,4-5,10-11H2,1-3H3,(H,18,21)/t15-,17+/m1/s1. The van der Waals surface area contributed by atoms with Crippen molar-refractivity contribution in [2.24, 2.45) is 0 Å². The number of benzene rings is 1. The van der Waals surface area contributed by atoms with E-state index in [1.807, 2.05) is 31.2 Å². The van der Waals surface area contributed by atoms with Crippen LogP contribution in [0.1, 0.15) is 43.2 Å². The van der Waals surface area contributed by atoms with Crippen LogP contribution < -0.4 is 5.32 Å². The maximum atomic E-state index is 12.3. The van der Waals surface area contributed by atoms with Crippen LogP contribution in [0.25, 0.3) is 0 Å². The number of thioether (sulfide) groups is 1. The minimum atomic E-state index is -0.370. The molecule has 1 aliphatic heterocycles. The highest BCUT2D eigenvalue weighted by molar-refractivity contribution is 7.99. The zero-order valence-electron chi connectivity index (χ0n) is 13.5. The van der Waals surface area contributed by atoms with E-state index in [1.54, 1.807) is 23.6 Å². The lowest BCUT2D eigenvalue weighted by Crippen LogP contribution is -2.47. The number of carbonyl (C=O) groups excluding carboxylic acids is 2. The fraction of sp³-hybridized carbons (Fsp3) is 0.529. The van der Waals surface area contributed by atoms with E-state index in [-0.39, 0.29) is 23.2 Å². The van der Waals surface area contributed by atoms with Gasteiger partial charge in [-0.2, -0.15) is 0 Å². The Bertz CT molecular complexity index is 530. The van der Waals surface area contributed by atoms with Gasteiger partial charge in [-0.3, -0.25) is 9.59 Å². The van der Waals surface area contributed by atoms with Gasteiger partial charge in [-0.1, -0.05) is 43.2 Å². The van der Waals surface area contributed by atoms with Gasteiger partial charge in [0.05, 0.1) is 0 Å². The first-order valence-corrected chi connectivity index (χ1v) is 8.84. The van der Waals surface area contributed by atoms with Crippen LogP contribution in [0.4, 0.5) is 0 Å². The normalized spacial score (nSPS) is 21.0. The van der Waals surface area contributed by atoms with Gasteiger partial charge >= 0.3 is 0 Å². The fourth-order valence-corrected chi connectivity index (χ4v) is 4.07. The van der Waals surface area contributed by atoms with Gasteiger partial charge in [-0.05, 0) is 18.9 Å². The van der Waals surface area contributed by atoms with Gasteiger partial charge < -0.3 is 10.2 Å². The van der Waals surface area contributed by atoms with E-state index in [9.17, 15) is 9.59 Å². The average molecular weight is 320 g/mol. The topological polar surface area (TPSA) is 49.4 Å². The molecule has 0 radical (unpaired) electrons. The zero-order valence-corrected chi connectivity index (χ0v) is 14.3. The first-order chi connectivity index (χ1) is 10.5. The van der Waals surface area contributed by atoms with E-state index in [1.165, 1.54) is 5.56 Å². The van der Waals surface area contributed by atoms with Crippen molar-refractivity contribution in [3.8, 4) is 0 Å². The molecule has 1 fully saturated rings. The molecule has 2 atom stereocenters. The van der Waals surface area contributed by atoms with Crippen LogP contribution >= 0.6 is 11.8 Å². The summed E-state index contributed by atoms with van der Waals surface area (Å²) in [4.78, 5) is 26.1. The maximum absolute atomic E-state index is 12.3. The number of aryl methyl sites for hydroxylation is 1. The number of unbranched alkanes of at least 4 members (excludes halogenated alkanes) is 1. The Labute approximate surface area is 136 Å². The van der Waals surface area contributed by atoms with E-state index in [4.69, 9.17) is 0 Å². The van der Waals surface area contributed by atoms with Gasteiger partial charge in [-0.25, -0.2) is 0 Å². The summed E-state index contributed by atoms with van der Waals surface area (Å²) in [6.07, 6.45) is 2.01. The first-order valence-electron chi connectivity index (χ1n) is 7.79. The predicted molar refractivity (Wildman–Crippen MR) is 90.6 cm³/mol. The Morgan fingerprint density at radius 1 is 1.32 bits per heavy atom. The molecule has 1 saturated heterocycles. The van der Waals surface area contributed by atoms with E-state index in [0.717, 1.165) is 18.4 Å². The van der Waals surface area contributed by atoms with Gasteiger partial charge in [0.1, 0.15) is 11.4 Å². The summed E-state index contributed by atoms with van der Waals surface area (Å²) in [7, 11) is 0. The molecular formula is C17H24N2O2S. The molecule has 1 aromatic carbocycles. The molecule has 120 valence electrons. The second-order valence-electron chi connectivity index (χ2n) is 5.68. The lowest BCUT2D eigenvalue weighted by Gasteiger charge is -2.28. The third kappa shape index (κ3) is 3.83. The van der Waals surface area contributed by atoms with E-state index in [0.29, 0.717) is 12.3 Å². The molecule has 2 rings (SSSR count). The molecule has 1 N–H and O–H groups in total. The number of hydrogen-bond donors (Lipinski definition) is 1. The quantitative estimate of drug-likeness (QED) is 0.849. The molecule has 1 heterocycles. The van der Waals surface area contributed by atoms with Crippen LogP contribution in [0.2, 0.25) is 0 Å². The monoisotopic (exact) mass is 320 g/mol. The van der Waals surface area contributed by atoms with Crippen molar-refractivity contribution in [2.45, 2.75) is 45.0 Å². The zero-order chi connectivity index (χ0) is 16.1. The molecule has 0 saturated carbocycles. The first kappa shape index (κ1) is 16.9. The lowest BCUT2D eigenvalue weighted by molar-refractivity contribution is -0.138. The van der Waals surface area contributed by atoms with Gasteiger partial charge in [0, 0.05) is 19.2 Å². The second kappa shape index (κ2) is 7.68. The van der Waals surface area contributed by atoms with Crippen molar-refractivity contribution < 1.29 is 9.59 Å². The summed E-state index contributed by atoms with van der Waals surface area (Å²) in [5, 5.41) is 2.88. The number of amides is 2. The molecule has 5 heteroatoms. The van der Waals surface area contributed by atoms with Crippen molar-refractivity contribution in [1.29, 1.82) is 0 Å². The van der Waals surface area contributed by atoms with E-state index < -0.39 is 0 Å². The highest BCUT2D eigenvalue weighted by Gasteiger charge is 2.40. The minimum Gasteiger partial charge on any atom is -0.354 e. The van der Waals surface area contributed by atoms with Crippen molar-refractivity contribution in [3.05, 3.63) is 35.4 Å². The summed E-state index contributed by atoms with van der Waals surface area (Å²) < 4.78 is 0. The molecule has 0 aromatic heterocycles. The molecule has 0 aliphatic carbocycles. The summed E-state index contributed by atoms with van der Waals surface area (Å²) in [5.41, 5.74) is 2.27. The molecule has 0 unspecified atom stereocenters. The molecule has 1 aliphatic rings. The third-order valence-corrected chi connectivity index (χ3v) is 5.18. The third-order valence-electron chi connectivity index (χ3n) is 3.86. The summed E-state index contributed by atoms with van der Waals surface area (Å²) in [6.45, 7) is 6.35. The highest BCUT2D eigenvalue weighted by Crippen LogP contribution is 2.41. The van der Waals surface area contributed by atoms with Crippen LogP contribution in [0, 0.1) is 6.92 Å². The van der Waals surface area contributed by atoms with E-state index >= 15 is 0 Å². The molecule has 4 nitrogen and oxygen atoms in total. The Kier molecular flexibility index (Phi) is 5.89. The Hall–Kier alpha value is -1.49. The molecular weight excluding hydrogens is 296 g/mol. The molecule has 2 amide bonds. The van der Waals surface area contributed by atoms with Crippen molar-refractivity contribution in [3.63, 3.8) is 0 Å². The van der Waals surface area contributed by atoms with Crippen molar-refractivity contribution >= 4 is 23.6 Å². The van der Waals surface area contributed by atoms with Crippen LogP contribution in [0.15, 0.2) is 24.3 Å². The predicted octanol–water partition coefficient (Wildman–Crippen LogP) is 2.87.